The second-order valence-corrected chi connectivity index (χ2v) is 11.7. The predicted octanol–water partition coefficient (Wildman–Crippen LogP) is 5.11. The van der Waals surface area contributed by atoms with Crippen LogP contribution in [-0.4, -0.2) is 29.9 Å². The van der Waals surface area contributed by atoms with Gasteiger partial charge in [-0.15, -0.1) is 0 Å². The number of nitrogen functional groups attached to an aromatic ring is 2. The van der Waals surface area contributed by atoms with Gasteiger partial charge in [0.25, 0.3) is 5.56 Å². The van der Waals surface area contributed by atoms with Gasteiger partial charge in [0.15, 0.2) is 0 Å². The minimum atomic E-state index is -3.22. The Morgan fingerprint density at radius 1 is 0.897 bits per heavy atom. The number of hydrogen-bond acceptors (Lipinski definition) is 7. The van der Waals surface area contributed by atoms with Crippen LogP contribution in [0.3, 0.4) is 0 Å². The fourth-order valence-electron chi connectivity index (χ4n) is 1.89. The number of hydrogen-bond donors (Lipinski definition) is 5. The van der Waals surface area contributed by atoms with E-state index in [0.29, 0.717) is 21.8 Å². The largest absolute Gasteiger partial charge is 0.369 e. The van der Waals surface area contributed by atoms with Crippen molar-refractivity contribution in [2.24, 2.45) is 0 Å². The standard InChI is InChI=1S/C6H5ClN4.C6H6N4O.2CH4.Cl3OP/c7-4-3-1-2-9-5(3)11-6(8)10-4;7-6-9-4-3(1-2-8-4)5(11)10-6;;;1-5(2,3)4/h1-2H,(H3,8,9,10,11);1-2H,(H4,7,8,9,10,11);2*1H4;. The number of aromatic nitrogens is 6. The average molecular weight is 504 g/mol. The Labute approximate surface area is 185 Å². The van der Waals surface area contributed by atoms with Crippen LogP contribution in [0, 0.1) is 0 Å². The number of nitrogens with two attached hydrogens (primary N) is 2. The quantitative estimate of drug-likeness (QED) is 0.164. The van der Waals surface area contributed by atoms with E-state index >= 15 is 0 Å². The maximum absolute atomic E-state index is 11.1. The molecule has 10 nitrogen and oxygen atoms in total. The summed E-state index contributed by atoms with van der Waals surface area (Å²) in [5.74, 6) is 0.315. The summed E-state index contributed by atoms with van der Waals surface area (Å²) in [6, 6.07) is 3.46. The lowest BCUT2D eigenvalue weighted by atomic mass is 10.4. The number of halogens is 4. The summed E-state index contributed by atoms with van der Waals surface area (Å²) in [6.07, 6.45) is 3.39. The van der Waals surface area contributed by atoms with Gasteiger partial charge in [-0.2, -0.15) is 9.97 Å². The third-order valence-corrected chi connectivity index (χ3v) is 3.12. The van der Waals surface area contributed by atoms with Crippen LogP contribution >= 0.6 is 50.5 Å². The Morgan fingerprint density at radius 2 is 1.38 bits per heavy atom. The molecule has 0 fully saturated rings. The van der Waals surface area contributed by atoms with Crippen LogP contribution in [0.5, 0.6) is 0 Å². The smallest absolute Gasteiger partial charge is 0.339 e. The highest BCUT2D eigenvalue weighted by Gasteiger charge is 2.03. The monoisotopic (exact) mass is 502 g/mol. The van der Waals surface area contributed by atoms with Gasteiger partial charge < -0.3 is 21.4 Å². The first kappa shape index (κ1) is 27.0. The molecule has 0 radical (unpaired) electrons. The molecule has 29 heavy (non-hydrogen) atoms. The van der Waals surface area contributed by atoms with E-state index in [0.717, 1.165) is 5.39 Å². The van der Waals surface area contributed by atoms with Gasteiger partial charge in [0.2, 0.25) is 11.9 Å². The van der Waals surface area contributed by atoms with Crippen molar-refractivity contribution >= 4 is 84.5 Å². The van der Waals surface area contributed by atoms with Gasteiger partial charge in [-0.05, 0) is 45.9 Å². The summed E-state index contributed by atoms with van der Waals surface area (Å²) < 4.78 is 9.51. The van der Waals surface area contributed by atoms with E-state index in [9.17, 15) is 9.36 Å². The zero-order valence-electron chi connectivity index (χ0n) is 13.1. The van der Waals surface area contributed by atoms with Crippen molar-refractivity contribution in [2.45, 2.75) is 14.9 Å². The molecule has 4 aromatic heterocycles. The molecule has 0 aromatic carbocycles. The third-order valence-electron chi connectivity index (χ3n) is 2.83. The first-order valence-electron chi connectivity index (χ1n) is 6.82. The van der Waals surface area contributed by atoms with Crippen LogP contribution in [0.2, 0.25) is 5.15 Å². The molecule has 0 spiro atoms. The fourth-order valence-corrected chi connectivity index (χ4v) is 2.13. The number of nitrogens with zero attached hydrogens (tertiary/aromatic N) is 3. The zero-order chi connectivity index (χ0) is 20.2. The lowest BCUT2D eigenvalue weighted by Gasteiger charge is -1.93. The summed E-state index contributed by atoms with van der Waals surface area (Å²) in [4.78, 5) is 30.7. The molecule has 160 valence electrons. The van der Waals surface area contributed by atoms with Gasteiger partial charge in [-0.3, -0.25) is 14.3 Å². The van der Waals surface area contributed by atoms with Gasteiger partial charge >= 0.3 is 5.20 Å². The van der Waals surface area contributed by atoms with Crippen molar-refractivity contribution in [1.29, 1.82) is 0 Å². The molecule has 4 heterocycles. The van der Waals surface area contributed by atoms with Crippen molar-refractivity contribution in [3.8, 4) is 0 Å². The second-order valence-electron chi connectivity index (χ2n) is 4.70. The van der Waals surface area contributed by atoms with Crippen LogP contribution in [-0.2, 0) is 4.57 Å². The molecule has 15 heteroatoms. The van der Waals surface area contributed by atoms with Crippen LogP contribution in [0.15, 0.2) is 29.3 Å². The molecule has 7 N–H and O–H groups in total. The van der Waals surface area contributed by atoms with Crippen LogP contribution in [0.4, 0.5) is 11.9 Å². The van der Waals surface area contributed by atoms with Crippen molar-refractivity contribution in [3.05, 3.63) is 40.0 Å². The number of rotatable bonds is 0. The summed E-state index contributed by atoms with van der Waals surface area (Å²) in [6.45, 7) is 0. The molecule has 0 bridgehead atoms. The first-order valence-corrected chi connectivity index (χ1v) is 11.6. The highest BCUT2D eigenvalue weighted by molar-refractivity contribution is 8.24. The van der Waals surface area contributed by atoms with E-state index in [-0.39, 0.29) is 32.3 Å². The number of anilines is 2. The van der Waals surface area contributed by atoms with Crippen molar-refractivity contribution in [1.82, 2.24) is 29.9 Å². The fraction of sp³-hybridized carbons (Fsp3) is 0.143. The highest BCUT2D eigenvalue weighted by Crippen LogP contribution is 2.61. The molecule has 0 aliphatic heterocycles. The van der Waals surface area contributed by atoms with Gasteiger partial charge in [-0.25, -0.2) is 4.98 Å². The number of fused-ring (bicyclic) bond motifs is 2. The molecule has 4 aromatic rings. The molecule has 0 unspecified atom stereocenters. The SMILES string of the molecule is C.C.Nc1nc(Cl)c2cc[nH]c2n1.Nc1nc2[nH]ccc2c(=O)[nH]1.O=P(Cl)(Cl)Cl. The Morgan fingerprint density at radius 3 is 1.93 bits per heavy atom. The normalized spacial score (nSPS) is 10.1. The van der Waals surface area contributed by atoms with E-state index in [1.54, 1.807) is 24.5 Å². The minimum Gasteiger partial charge on any atom is -0.369 e. The number of nitrogens with one attached hydrogen (secondary N) is 3. The van der Waals surface area contributed by atoms with E-state index < -0.39 is 5.20 Å². The molecule has 0 aliphatic rings. The minimum absolute atomic E-state index is 0. The maximum Gasteiger partial charge on any atom is 0.339 e. The first-order chi connectivity index (χ1) is 12.5. The van der Waals surface area contributed by atoms with Crippen molar-refractivity contribution < 1.29 is 4.57 Å². The van der Waals surface area contributed by atoms with E-state index in [1.165, 1.54) is 0 Å². The maximum atomic E-state index is 11.1. The zero-order valence-corrected chi connectivity index (χ0v) is 17.0. The molecular formula is C14H19Cl4N8O2P. The van der Waals surface area contributed by atoms with Crippen molar-refractivity contribution in [2.75, 3.05) is 11.5 Å². The number of aromatic amines is 3. The van der Waals surface area contributed by atoms with Crippen LogP contribution in [0.1, 0.15) is 14.9 Å². The summed E-state index contributed by atoms with van der Waals surface area (Å²) in [7, 11) is 0. The van der Waals surface area contributed by atoms with Crippen LogP contribution in [0.25, 0.3) is 22.1 Å². The molecule has 0 aliphatic carbocycles. The van der Waals surface area contributed by atoms with Gasteiger partial charge in [0.1, 0.15) is 16.4 Å². The van der Waals surface area contributed by atoms with Gasteiger partial charge in [-0.1, -0.05) is 26.5 Å². The molecule has 0 atom stereocenters. The molecular weight excluding hydrogens is 485 g/mol. The Bertz CT molecular complexity index is 1160. The number of H-pyrrole nitrogens is 3. The van der Waals surface area contributed by atoms with Gasteiger partial charge in [0.05, 0.1) is 10.8 Å². The predicted molar refractivity (Wildman–Crippen MR) is 123 cm³/mol. The van der Waals surface area contributed by atoms with E-state index in [1.807, 2.05) is 0 Å². The molecule has 0 amide bonds. The lowest BCUT2D eigenvalue weighted by Crippen LogP contribution is -2.09. The van der Waals surface area contributed by atoms with E-state index in [4.69, 9.17) is 23.1 Å². The topological polar surface area (TPSA) is 172 Å². The third kappa shape index (κ3) is 8.51. The summed E-state index contributed by atoms with van der Waals surface area (Å²) >= 11 is 19.6. The Kier molecular flexibility index (Phi) is 10.5. The summed E-state index contributed by atoms with van der Waals surface area (Å²) in [5.41, 5.74) is 11.6. The lowest BCUT2D eigenvalue weighted by molar-refractivity contribution is 0.600. The summed E-state index contributed by atoms with van der Waals surface area (Å²) in [5, 5.41) is -1.52. The highest BCUT2D eigenvalue weighted by atomic mass is 36.0. The second kappa shape index (κ2) is 11.3. The van der Waals surface area contributed by atoms with E-state index in [2.05, 4.69) is 63.6 Å². The molecule has 0 saturated heterocycles. The Balaban J connectivity index is 0.000000420. The van der Waals surface area contributed by atoms with Crippen LogP contribution < -0.4 is 17.0 Å². The molecule has 4 rings (SSSR count). The van der Waals surface area contributed by atoms with Crippen molar-refractivity contribution in [3.63, 3.8) is 0 Å². The average Bonchev–Trinajstić information content (AvgIpc) is 3.14. The Hall–Kier alpha value is -1.97. The van der Waals surface area contributed by atoms with Gasteiger partial charge in [0, 0.05) is 12.4 Å². The molecule has 0 saturated carbocycles.